The van der Waals surface area contributed by atoms with Crippen LogP contribution in [0.25, 0.3) is 11.5 Å². The quantitative estimate of drug-likeness (QED) is 0.731. The Morgan fingerprint density at radius 2 is 1.84 bits per heavy atom. The van der Waals surface area contributed by atoms with E-state index in [4.69, 9.17) is 4.42 Å². The third kappa shape index (κ3) is 3.31. The van der Waals surface area contributed by atoms with Crippen LogP contribution >= 0.6 is 0 Å². The second-order valence-corrected chi connectivity index (χ2v) is 6.44. The van der Waals surface area contributed by atoms with Crippen LogP contribution in [0.5, 0.6) is 0 Å². The van der Waals surface area contributed by atoms with E-state index in [1.54, 1.807) is 6.92 Å². The summed E-state index contributed by atoms with van der Waals surface area (Å²) >= 11 is 0. The number of nitrogens with zero attached hydrogens (tertiary/aromatic N) is 3. The highest BCUT2D eigenvalue weighted by Gasteiger charge is 2.30. The summed E-state index contributed by atoms with van der Waals surface area (Å²) in [5, 5.41) is 7.89. The maximum absolute atomic E-state index is 12.3. The van der Waals surface area contributed by atoms with Gasteiger partial charge in [-0.3, -0.25) is 4.79 Å². The average Bonchev–Trinajstić information content (AvgIpc) is 3.22. The number of benzene rings is 2. The molecule has 1 aliphatic rings. The van der Waals surface area contributed by atoms with E-state index in [9.17, 15) is 4.79 Å². The summed E-state index contributed by atoms with van der Waals surface area (Å²) in [5.74, 6) is 1.64. The number of hydrogen-bond acceptors (Lipinski definition) is 4. The van der Waals surface area contributed by atoms with Gasteiger partial charge in [0.25, 0.3) is 0 Å². The van der Waals surface area contributed by atoms with Gasteiger partial charge in [0.05, 0.1) is 0 Å². The van der Waals surface area contributed by atoms with Crippen LogP contribution in [-0.2, 0) is 11.2 Å². The maximum Gasteiger partial charge on any atom is 0.247 e. The molecule has 0 bridgehead atoms. The number of aromatic nitrogens is 2. The number of amides is 1. The molecule has 0 unspecified atom stereocenters. The van der Waals surface area contributed by atoms with Crippen LogP contribution in [0.3, 0.4) is 0 Å². The van der Waals surface area contributed by atoms with Crippen LogP contribution in [0.4, 0.5) is 5.69 Å². The summed E-state index contributed by atoms with van der Waals surface area (Å²) in [7, 11) is 0. The molecule has 4 rings (SSSR count). The normalized spacial score (nSPS) is 17.2. The zero-order chi connectivity index (χ0) is 17.2. The second kappa shape index (κ2) is 6.51. The Balaban J connectivity index is 1.43. The number of carbonyl (C=O) groups is 1. The van der Waals surface area contributed by atoms with Crippen LogP contribution in [0, 0.1) is 12.8 Å². The Morgan fingerprint density at radius 1 is 1.08 bits per heavy atom. The minimum atomic E-state index is 0.203. The molecule has 1 fully saturated rings. The van der Waals surface area contributed by atoms with Gasteiger partial charge in [-0.2, -0.15) is 0 Å². The molecule has 0 saturated carbocycles. The molecule has 25 heavy (non-hydrogen) atoms. The minimum absolute atomic E-state index is 0.203. The Kier molecular flexibility index (Phi) is 4.06. The van der Waals surface area contributed by atoms with Crippen molar-refractivity contribution in [3.8, 4) is 11.5 Å². The molecule has 1 saturated heterocycles. The molecular formula is C20H19N3O2. The molecule has 1 atom stereocenters. The van der Waals surface area contributed by atoms with Crippen LogP contribution in [0.1, 0.15) is 17.9 Å². The zero-order valence-electron chi connectivity index (χ0n) is 14.1. The lowest BCUT2D eigenvalue weighted by atomic mass is 9.98. The Morgan fingerprint density at radius 3 is 2.52 bits per heavy atom. The standard InChI is InChI=1S/C20H19N3O2/c1-14-21-22-20(25-14)17-9-7-15(8-10-17)11-16-12-19(24)23(13-16)18-5-3-2-4-6-18/h2-10,16H,11-13H2,1H3/t16-/m1/s1. The van der Waals surface area contributed by atoms with Crippen molar-refractivity contribution < 1.29 is 9.21 Å². The summed E-state index contributed by atoms with van der Waals surface area (Å²) in [4.78, 5) is 14.2. The van der Waals surface area contributed by atoms with Crippen molar-refractivity contribution in [2.24, 2.45) is 5.92 Å². The molecule has 0 N–H and O–H groups in total. The predicted molar refractivity (Wildman–Crippen MR) is 95.1 cm³/mol. The van der Waals surface area contributed by atoms with E-state index in [1.807, 2.05) is 47.4 Å². The van der Waals surface area contributed by atoms with Crippen molar-refractivity contribution in [1.82, 2.24) is 10.2 Å². The van der Waals surface area contributed by atoms with Gasteiger partial charge in [-0.05, 0) is 42.2 Å². The van der Waals surface area contributed by atoms with Crippen molar-refractivity contribution in [3.05, 3.63) is 66.1 Å². The second-order valence-electron chi connectivity index (χ2n) is 6.44. The maximum atomic E-state index is 12.3. The molecule has 0 aliphatic carbocycles. The average molecular weight is 333 g/mol. The van der Waals surface area contributed by atoms with Gasteiger partial charge in [-0.25, -0.2) is 0 Å². The molecule has 1 aromatic heterocycles. The fraction of sp³-hybridized carbons (Fsp3) is 0.250. The first-order chi connectivity index (χ1) is 12.2. The fourth-order valence-corrected chi connectivity index (χ4v) is 3.31. The highest BCUT2D eigenvalue weighted by Crippen LogP contribution is 2.27. The molecule has 2 heterocycles. The number of para-hydroxylation sites is 1. The molecule has 2 aromatic carbocycles. The van der Waals surface area contributed by atoms with Gasteiger partial charge >= 0.3 is 0 Å². The number of anilines is 1. The number of aryl methyl sites for hydroxylation is 1. The zero-order valence-corrected chi connectivity index (χ0v) is 14.1. The van der Waals surface area contributed by atoms with E-state index in [2.05, 4.69) is 22.3 Å². The first kappa shape index (κ1) is 15.6. The van der Waals surface area contributed by atoms with E-state index in [0.29, 0.717) is 24.1 Å². The highest BCUT2D eigenvalue weighted by atomic mass is 16.4. The van der Waals surface area contributed by atoms with Crippen LogP contribution in [0.15, 0.2) is 59.0 Å². The Bertz CT molecular complexity index is 871. The molecule has 0 spiro atoms. The van der Waals surface area contributed by atoms with Gasteiger partial charge in [-0.15, -0.1) is 10.2 Å². The summed E-state index contributed by atoms with van der Waals surface area (Å²) in [6.07, 6.45) is 1.48. The minimum Gasteiger partial charge on any atom is -0.421 e. The Labute approximate surface area is 146 Å². The lowest BCUT2D eigenvalue weighted by molar-refractivity contribution is -0.117. The SMILES string of the molecule is Cc1nnc(-c2ccc(C[C@@H]3CC(=O)N(c4ccccc4)C3)cc2)o1. The van der Waals surface area contributed by atoms with E-state index in [0.717, 1.165) is 24.2 Å². The lowest BCUT2D eigenvalue weighted by Crippen LogP contribution is -2.24. The number of rotatable bonds is 4. The molecule has 5 nitrogen and oxygen atoms in total. The van der Waals surface area contributed by atoms with Gasteiger partial charge in [0.2, 0.25) is 17.7 Å². The first-order valence-corrected chi connectivity index (χ1v) is 8.44. The highest BCUT2D eigenvalue weighted by molar-refractivity contribution is 5.95. The topological polar surface area (TPSA) is 59.2 Å². The molecule has 126 valence electrons. The van der Waals surface area contributed by atoms with Crippen molar-refractivity contribution in [3.63, 3.8) is 0 Å². The molecular weight excluding hydrogens is 314 g/mol. The van der Waals surface area contributed by atoms with E-state index < -0.39 is 0 Å². The van der Waals surface area contributed by atoms with Crippen molar-refractivity contribution in [2.45, 2.75) is 19.8 Å². The summed E-state index contributed by atoms with van der Waals surface area (Å²) in [5.41, 5.74) is 3.11. The van der Waals surface area contributed by atoms with Crippen LogP contribution < -0.4 is 4.90 Å². The van der Waals surface area contributed by atoms with Gasteiger partial charge in [0.15, 0.2) is 0 Å². The third-order valence-electron chi connectivity index (χ3n) is 4.52. The molecule has 0 radical (unpaired) electrons. The van der Waals surface area contributed by atoms with Crippen molar-refractivity contribution >= 4 is 11.6 Å². The van der Waals surface area contributed by atoms with Gasteiger partial charge in [0.1, 0.15) is 0 Å². The van der Waals surface area contributed by atoms with E-state index in [1.165, 1.54) is 5.56 Å². The summed E-state index contributed by atoms with van der Waals surface area (Å²) in [6, 6.07) is 18.0. The van der Waals surface area contributed by atoms with Gasteiger partial charge in [-0.1, -0.05) is 30.3 Å². The van der Waals surface area contributed by atoms with Gasteiger partial charge < -0.3 is 9.32 Å². The van der Waals surface area contributed by atoms with Crippen molar-refractivity contribution in [2.75, 3.05) is 11.4 Å². The van der Waals surface area contributed by atoms with E-state index in [-0.39, 0.29) is 5.91 Å². The molecule has 5 heteroatoms. The largest absolute Gasteiger partial charge is 0.421 e. The predicted octanol–water partition coefficient (Wildman–Crippen LogP) is 3.64. The fourth-order valence-electron chi connectivity index (χ4n) is 3.31. The number of hydrogen-bond donors (Lipinski definition) is 0. The third-order valence-corrected chi connectivity index (χ3v) is 4.52. The summed E-state index contributed by atoms with van der Waals surface area (Å²) < 4.78 is 5.45. The van der Waals surface area contributed by atoms with Gasteiger partial charge in [0, 0.05) is 31.1 Å². The lowest BCUT2D eigenvalue weighted by Gasteiger charge is -2.16. The van der Waals surface area contributed by atoms with E-state index >= 15 is 0 Å². The molecule has 1 amide bonds. The van der Waals surface area contributed by atoms with Crippen LogP contribution in [-0.4, -0.2) is 22.6 Å². The number of carbonyl (C=O) groups excluding carboxylic acids is 1. The first-order valence-electron chi connectivity index (χ1n) is 8.44. The van der Waals surface area contributed by atoms with Crippen molar-refractivity contribution in [1.29, 1.82) is 0 Å². The smallest absolute Gasteiger partial charge is 0.247 e. The van der Waals surface area contributed by atoms with Crippen LogP contribution in [0.2, 0.25) is 0 Å². The monoisotopic (exact) mass is 333 g/mol. The summed E-state index contributed by atoms with van der Waals surface area (Å²) in [6.45, 7) is 2.55. The Hall–Kier alpha value is -2.95. The molecule has 3 aromatic rings. The molecule has 1 aliphatic heterocycles.